The van der Waals surface area contributed by atoms with Crippen LogP contribution >= 0.6 is 11.3 Å². The zero-order valence-electron chi connectivity index (χ0n) is 16.4. The van der Waals surface area contributed by atoms with E-state index in [0.717, 1.165) is 27.3 Å². The summed E-state index contributed by atoms with van der Waals surface area (Å²) >= 11 is 1.52. The fourth-order valence-corrected chi connectivity index (χ4v) is 4.18. The van der Waals surface area contributed by atoms with Gasteiger partial charge in [0.05, 0.1) is 36.1 Å². The third-order valence-electron chi connectivity index (χ3n) is 4.55. The van der Waals surface area contributed by atoms with Crippen molar-refractivity contribution in [3.05, 3.63) is 77.7 Å². The lowest BCUT2D eigenvalue weighted by Gasteiger charge is -2.19. The molecule has 4 aromatic rings. The quantitative estimate of drug-likeness (QED) is 0.414. The van der Waals surface area contributed by atoms with Crippen LogP contribution in [0.4, 0.5) is 5.13 Å². The first-order valence-corrected chi connectivity index (χ1v) is 10.4. The molecule has 0 aliphatic heterocycles. The molecule has 6 heteroatoms. The van der Waals surface area contributed by atoms with Crippen LogP contribution in [0.5, 0.6) is 5.75 Å². The molecule has 4 rings (SSSR count). The van der Waals surface area contributed by atoms with Crippen molar-refractivity contribution in [3.8, 4) is 5.75 Å². The van der Waals surface area contributed by atoms with E-state index in [1.54, 1.807) is 11.2 Å². The van der Waals surface area contributed by atoms with E-state index in [1.807, 2.05) is 55.5 Å². The van der Waals surface area contributed by atoms with Gasteiger partial charge in [-0.2, -0.15) is 0 Å². The number of aryl methyl sites for hydroxylation is 1. The second-order valence-electron chi connectivity index (χ2n) is 6.78. The summed E-state index contributed by atoms with van der Waals surface area (Å²) in [4.78, 5) is 19.6. The molecule has 0 spiro atoms. The van der Waals surface area contributed by atoms with Crippen LogP contribution in [0.2, 0.25) is 0 Å². The van der Waals surface area contributed by atoms with Gasteiger partial charge in [-0.15, -0.1) is 0 Å². The molecule has 29 heavy (non-hydrogen) atoms. The molecule has 0 bridgehead atoms. The standard InChI is InChI=1S/C23H22N2O3S/c1-3-27-18-9-7-17(8-10-18)14-22(26)25(15-19-5-4-12-28-19)23-24-20-11-6-16(2)13-21(20)29-23/h4-13H,3,14-15H2,1-2H3. The van der Waals surface area contributed by atoms with Crippen LogP contribution in [-0.4, -0.2) is 17.5 Å². The van der Waals surface area contributed by atoms with E-state index >= 15 is 0 Å². The first kappa shape index (κ1) is 19.2. The molecule has 0 aliphatic rings. The largest absolute Gasteiger partial charge is 0.494 e. The molecular weight excluding hydrogens is 384 g/mol. The van der Waals surface area contributed by atoms with Crippen molar-refractivity contribution in [2.24, 2.45) is 0 Å². The fraction of sp³-hybridized carbons (Fsp3) is 0.217. The Balaban J connectivity index is 1.61. The predicted octanol–water partition coefficient (Wildman–Crippen LogP) is 5.37. The molecule has 148 valence electrons. The fourth-order valence-electron chi connectivity index (χ4n) is 3.10. The van der Waals surface area contributed by atoms with Gasteiger partial charge in [0.15, 0.2) is 5.13 Å². The van der Waals surface area contributed by atoms with Crippen LogP contribution < -0.4 is 9.64 Å². The minimum Gasteiger partial charge on any atom is -0.494 e. The Labute approximate surface area is 173 Å². The molecule has 1 amide bonds. The number of fused-ring (bicyclic) bond motifs is 1. The highest BCUT2D eigenvalue weighted by Gasteiger charge is 2.21. The smallest absolute Gasteiger partial charge is 0.233 e. The van der Waals surface area contributed by atoms with Gasteiger partial charge < -0.3 is 9.15 Å². The number of amides is 1. The minimum atomic E-state index is -0.0265. The molecule has 0 fully saturated rings. The summed E-state index contributed by atoms with van der Waals surface area (Å²) in [5.41, 5.74) is 3.00. The highest BCUT2D eigenvalue weighted by molar-refractivity contribution is 7.22. The third-order valence-corrected chi connectivity index (χ3v) is 5.59. The maximum absolute atomic E-state index is 13.2. The second-order valence-corrected chi connectivity index (χ2v) is 7.79. The summed E-state index contributed by atoms with van der Waals surface area (Å²) in [6.45, 7) is 4.97. The van der Waals surface area contributed by atoms with Gasteiger partial charge in [0.2, 0.25) is 5.91 Å². The lowest BCUT2D eigenvalue weighted by molar-refractivity contribution is -0.118. The normalized spacial score (nSPS) is 11.0. The summed E-state index contributed by atoms with van der Waals surface area (Å²) in [5.74, 6) is 1.50. The summed E-state index contributed by atoms with van der Waals surface area (Å²) in [7, 11) is 0. The Morgan fingerprint density at radius 3 is 2.72 bits per heavy atom. The van der Waals surface area contributed by atoms with E-state index in [-0.39, 0.29) is 12.3 Å². The van der Waals surface area contributed by atoms with E-state index < -0.39 is 0 Å². The molecule has 0 unspecified atom stereocenters. The van der Waals surface area contributed by atoms with Gasteiger partial charge >= 0.3 is 0 Å². The topological polar surface area (TPSA) is 55.6 Å². The van der Waals surface area contributed by atoms with Crippen LogP contribution in [0.3, 0.4) is 0 Å². The monoisotopic (exact) mass is 406 g/mol. The van der Waals surface area contributed by atoms with Crippen molar-refractivity contribution >= 4 is 32.6 Å². The highest BCUT2D eigenvalue weighted by Crippen LogP contribution is 2.31. The van der Waals surface area contributed by atoms with Gasteiger partial charge in [0.25, 0.3) is 0 Å². The highest BCUT2D eigenvalue weighted by atomic mass is 32.1. The number of aromatic nitrogens is 1. The van der Waals surface area contributed by atoms with Crippen molar-refractivity contribution in [2.75, 3.05) is 11.5 Å². The first-order valence-electron chi connectivity index (χ1n) is 9.54. The number of carbonyl (C=O) groups excluding carboxylic acids is 1. The molecule has 0 N–H and O–H groups in total. The number of hydrogen-bond acceptors (Lipinski definition) is 5. The second kappa shape index (κ2) is 8.49. The molecular formula is C23H22N2O3S. The van der Waals surface area contributed by atoms with E-state index in [1.165, 1.54) is 16.9 Å². The molecule has 2 aromatic heterocycles. The number of furan rings is 1. The van der Waals surface area contributed by atoms with Gasteiger partial charge in [-0.3, -0.25) is 9.69 Å². The number of anilines is 1. The van der Waals surface area contributed by atoms with Crippen molar-refractivity contribution in [3.63, 3.8) is 0 Å². The summed E-state index contributed by atoms with van der Waals surface area (Å²) in [6.07, 6.45) is 1.90. The summed E-state index contributed by atoms with van der Waals surface area (Å²) in [6, 6.07) is 17.5. The van der Waals surface area contributed by atoms with Gasteiger partial charge in [0.1, 0.15) is 11.5 Å². The molecule has 5 nitrogen and oxygen atoms in total. The van der Waals surface area contributed by atoms with Crippen LogP contribution in [0.1, 0.15) is 23.8 Å². The van der Waals surface area contributed by atoms with Crippen molar-refractivity contribution < 1.29 is 13.9 Å². The predicted molar refractivity (Wildman–Crippen MR) is 116 cm³/mol. The Kier molecular flexibility index (Phi) is 5.62. The number of thiazole rings is 1. The zero-order chi connectivity index (χ0) is 20.2. The number of ether oxygens (including phenoxy) is 1. The maximum Gasteiger partial charge on any atom is 0.233 e. The molecule has 2 heterocycles. The molecule has 2 aromatic carbocycles. The number of nitrogens with zero attached hydrogens (tertiary/aromatic N) is 2. The van der Waals surface area contributed by atoms with E-state index in [9.17, 15) is 4.79 Å². The Bertz CT molecular complexity index is 1100. The minimum absolute atomic E-state index is 0.0265. The third kappa shape index (κ3) is 4.49. The van der Waals surface area contributed by atoms with Crippen LogP contribution in [-0.2, 0) is 17.8 Å². The molecule has 0 aliphatic carbocycles. The summed E-state index contributed by atoms with van der Waals surface area (Å²) in [5, 5.41) is 0.679. The Morgan fingerprint density at radius 2 is 2.00 bits per heavy atom. The van der Waals surface area contributed by atoms with Gasteiger partial charge in [-0.1, -0.05) is 29.5 Å². The number of hydrogen-bond donors (Lipinski definition) is 0. The molecule has 0 saturated heterocycles. The lowest BCUT2D eigenvalue weighted by Crippen LogP contribution is -2.31. The van der Waals surface area contributed by atoms with Crippen LogP contribution in [0, 0.1) is 6.92 Å². The average Bonchev–Trinajstić information content (AvgIpc) is 3.36. The first-order chi connectivity index (χ1) is 14.1. The van der Waals surface area contributed by atoms with Crippen molar-refractivity contribution in [2.45, 2.75) is 26.8 Å². The number of rotatable bonds is 7. The number of benzene rings is 2. The SMILES string of the molecule is CCOc1ccc(CC(=O)N(Cc2ccco2)c2nc3ccc(C)cc3s2)cc1. The molecule has 0 atom stereocenters. The van der Waals surface area contributed by atoms with E-state index in [0.29, 0.717) is 18.3 Å². The number of carbonyl (C=O) groups is 1. The van der Waals surface area contributed by atoms with Gasteiger partial charge in [-0.05, 0) is 61.4 Å². The van der Waals surface area contributed by atoms with Gasteiger partial charge in [-0.25, -0.2) is 4.98 Å². The zero-order valence-corrected chi connectivity index (χ0v) is 17.2. The Hall–Kier alpha value is -3.12. The average molecular weight is 407 g/mol. The Morgan fingerprint density at radius 1 is 1.17 bits per heavy atom. The van der Waals surface area contributed by atoms with Crippen molar-refractivity contribution in [1.82, 2.24) is 4.98 Å². The van der Waals surface area contributed by atoms with Crippen LogP contribution in [0.15, 0.2) is 65.3 Å². The summed E-state index contributed by atoms with van der Waals surface area (Å²) < 4.78 is 12.0. The lowest BCUT2D eigenvalue weighted by atomic mass is 10.1. The van der Waals surface area contributed by atoms with Crippen LogP contribution in [0.25, 0.3) is 10.2 Å². The molecule has 0 saturated carbocycles. The van der Waals surface area contributed by atoms with Gasteiger partial charge in [0, 0.05) is 0 Å². The molecule has 0 radical (unpaired) electrons. The maximum atomic E-state index is 13.2. The van der Waals surface area contributed by atoms with Crippen molar-refractivity contribution in [1.29, 1.82) is 0 Å². The van der Waals surface area contributed by atoms with E-state index in [4.69, 9.17) is 14.1 Å². The van der Waals surface area contributed by atoms with E-state index in [2.05, 4.69) is 13.0 Å².